The summed E-state index contributed by atoms with van der Waals surface area (Å²) in [6.45, 7) is 3.90. The molecule has 1 amide bonds. The number of carbonyl (C=O) groups excluding carboxylic acids is 1. The lowest BCUT2D eigenvalue weighted by Crippen LogP contribution is -2.50. The standard InChI is InChI=1S/C14H20N2O3/c1-14(2)13(18)16(3)10-8-9(11(17)6-7-15)4-5-12(10)19-14/h4-5,8,11,17H,6-7,15H2,1-3H3. The number of likely N-dealkylation sites (N-methyl/N-ethyl adjacent to an activating group) is 1. The Labute approximate surface area is 113 Å². The predicted molar refractivity (Wildman–Crippen MR) is 73.2 cm³/mol. The van der Waals surface area contributed by atoms with Crippen LogP contribution in [0.4, 0.5) is 5.69 Å². The number of hydrogen-bond donors (Lipinski definition) is 2. The first kappa shape index (κ1) is 13.8. The smallest absolute Gasteiger partial charge is 0.270 e. The fourth-order valence-electron chi connectivity index (χ4n) is 2.25. The maximum Gasteiger partial charge on any atom is 0.270 e. The number of benzene rings is 1. The summed E-state index contributed by atoms with van der Waals surface area (Å²) in [5.74, 6) is 0.543. The molecule has 19 heavy (non-hydrogen) atoms. The first-order valence-electron chi connectivity index (χ1n) is 6.36. The number of nitrogens with two attached hydrogens (primary N) is 1. The number of aliphatic hydroxyl groups is 1. The molecule has 0 aliphatic carbocycles. The quantitative estimate of drug-likeness (QED) is 0.860. The van der Waals surface area contributed by atoms with Crippen molar-refractivity contribution < 1.29 is 14.6 Å². The molecular formula is C14H20N2O3. The van der Waals surface area contributed by atoms with E-state index in [1.807, 2.05) is 0 Å². The van der Waals surface area contributed by atoms with E-state index in [1.165, 1.54) is 0 Å². The second-order valence-electron chi connectivity index (χ2n) is 5.30. The molecule has 0 spiro atoms. The Kier molecular flexibility index (Phi) is 3.52. The Balaban J connectivity index is 2.39. The van der Waals surface area contributed by atoms with Gasteiger partial charge >= 0.3 is 0 Å². The second-order valence-corrected chi connectivity index (χ2v) is 5.30. The largest absolute Gasteiger partial charge is 0.476 e. The molecule has 0 fully saturated rings. The molecule has 0 aromatic heterocycles. The van der Waals surface area contributed by atoms with Gasteiger partial charge in [-0.3, -0.25) is 4.79 Å². The van der Waals surface area contributed by atoms with Gasteiger partial charge < -0.3 is 20.5 Å². The highest BCUT2D eigenvalue weighted by atomic mass is 16.5. The van der Waals surface area contributed by atoms with E-state index in [9.17, 15) is 9.90 Å². The molecule has 1 aliphatic rings. The van der Waals surface area contributed by atoms with E-state index >= 15 is 0 Å². The molecule has 5 heteroatoms. The van der Waals surface area contributed by atoms with E-state index < -0.39 is 11.7 Å². The Bertz CT molecular complexity index is 499. The average molecular weight is 264 g/mol. The van der Waals surface area contributed by atoms with Crippen molar-refractivity contribution in [2.24, 2.45) is 5.73 Å². The third-order valence-corrected chi connectivity index (χ3v) is 3.35. The van der Waals surface area contributed by atoms with E-state index in [2.05, 4.69) is 0 Å². The number of hydrogen-bond acceptors (Lipinski definition) is 4. The zero-order valence-electron chi connectivity index (χ0n) is 11.5. The zero-order valence-corrected chi connectivity index (χ0v) is 11.5. The minimum absolute atomic E-state index is 0.106. The van der Waals surface area contributed by atoms with Gasteiger partial charge in [0.05, 0.1) is 11.8 Å². The van der Waals surface area contributed by atoms with Crippen LogP contribution < -0.4 is 15.4 Å². The Morgan fingerprint density at radius 2 is 2.16 bits per heavy atom. The van der Waals surface area contributed by atoms with Crippen LogP contribution in [0.5, 0.6) is 5.75 Å². The topological polar surface area (TPSA) is 75.8 Å². The van der Waals surface area contributed by atoms with E-state index in [-0.39, 0.29) is 5.91 Å². The highest BCUT2D eigenvalue weighted by molar-refractivity contribution is 6.01. The summed E-state index contributed by atoms with van der Waals surface area (Å²) in [7, 11) is 1.71. The maximum atomic E-state index is 12.1. The second kappa shape index (κ2) is 4.83. The molecule has 0 bridgehead atoms. The SMILES string of the molecule is CN1C(=O)C(C)(C)Oc2ccc(C(O)CCN)cc21. The number of anilines is 1. The lowest BCUT2D eigenvalue weighted by molar-refractivity contribution is -0.132. The number of rotatable bonds is 3. The van der Waals surface area contributed by atoms with Gasteiger partial charge in [0, 0.05) is 7.05 Å². The first-order valence-corrected chi connectivity index (χ1v) is 6.36. The molecular weight excluding hydrogens is 244 g/mol. The maximum absolute atomic E-state index is 12.1. The van der Waals surface area contributed by atoms with E-state index in [4.69, 9.17) is 10.5 Å². The summed E-state index contributed by atoms with van der Waals surface area (Å²) in [6, 6.07) is 5.37. The molecule has 1 atom stereocenters. The molecule has 0 radical (unpaired) electrons. The van der Waals surface area contributed by atoms with Gasteiger partial charge in [-0.25, -0.2) is 0 Å². The van der Waals surface area contributed by atoms with Gasteiger partial charge in [-0.15, -0.1) is 0 Å². The Hall–Kier alpha value is -1.59. The van der Waals surface area contributed by atoms with Crippen molar-refractivity contribution in [3.63, 3.8) is 0 Å². The highest BCUT2D eigenvalue weighted by Crippen LogP contribution is 2.38. The van der Waals surface area contributed by atoms with Crippen LogP contribution in [0.1, 0.15) is 31.9 Å². The first-order chi connectivity index (χ1) is 8.86. The monoisotopic (exact) mass is 264 g/mol. The van der Waals surface area contributed by atoms with E-state index in [0.717, 1.165) is 5.56 Å². The molecule has 1 unspecified atom stereocenters. The number of amides is 1. The normalized spacial score (nSPS) is 18.8. The third-order valence-electron chi connectivity index (χ3n) is 3.35. The summed E-state index contributed by atoms with van der Waals surface area (Å²) < 4.78 is 5.70. The van der Waals surface area contributed by atoms with Crippen molar-refractivity contribution in [3.05, 3.63) is 23.8 Å². The number of nitrogens with zero attached hydrogens (tertiary/aromatic N) is 1. The lowest BCUT2D eigenvalue weighted by atomic mass is 10.0. The predicted octanol–water partition coefficient (Wildman–Crippen LogP) is 1.20. The fraction of sp³-hybridized carbons (Fsp3) is 0.500. The van der Waals surface area contributed by atoms with Crippen LogP contribution in [-0.2, 0) is 4.79 Å². The Morgan fingerprint density at radius 1 is 1.47 bits per heavy atom. The van der Waals surface area contributed by atoms with Gasteiger partial charge in [0.2, 0.25) is 0 Å². The minimum Gasteiger partial charge on any atom is -0.476 e. The molecule has 0 saturated carbocycles. The van der Waals surface area contributed by atoms with Gasteiger partial charge in [0.15, 0.2) is 5.60 Å². The zero-order chi connectivity index (χ0) is 14.2. The van der Waals surface area contributed by atoms with Crippen molar-refractivity contribution in [2.75, 3.05) is 18.5 Å². The fourth-order valence-corrected chi connectivity index (χ4v) is 2.25. The minimum atomic E-state index is -0.862. The van der Waals surface area contributed by atoms with Gasteiger partial charge in [0.25, 0.3) is 5.91 Å². The van der Waals surface area contributed by atoms with Gasteiger partial charge in [-0.05, 0) is 44.5 Å². The van der Waals surface area contributed by atoms with E-state index in [1.54, 1.807) is 44.0 Å². The van der Waals surface area contributed by atoms with Crippen LogP contribution in [0.3, 0.4) is 0 Å². The van der Waals surface area contributed by atoms with Crippen molar-refractivity contribution in [2.45, 2.75) is 32.0 Å². The third kappa shape index (κ3) is 2.43. The summed E-state index contributed by atoms with van der Waals surface area (Å²) in [5.41, 5.74) is 6.00. The summed E-state index contributed by atoms with van der Waals surface area (Å²) >= 11 is 0. The van der Waals surface area contributed by atoms with E-state index in [0.29, 0.717) is 24.4 Å². The summed E-state index contributed by atoms with van der Waals surface area (Å²) in [5, 5.41) is 9.95. The molecule has 3 N–H and O–H groups in total. The molecule has 1 aliphatic heterocycles. The van der Waals surface area contributed by atoms with Gasteiger partial charge in [-0.2, -0.15) is 0 Å². The van der Waals surface area contributed by atoms with Crippen molar-refractivity contribution in [3.8, 4) is 5.75 Å². The van der Waals surface area contributed by atoms with Crippen LogP contribution in [0.25, 0.3) is 0 Å². The van der Waals surface area contributed by atoms with Gasteiger partial charge in [0.1, 0.15) is 5.75 Å². The van der Waals surface area contributed by atoms with Crippen LogP contribution in [0.15, 0.2) is 18.2 Å². The summed E-state index contributed by atoms with van der Waals surface area (Å²) in [4.78, 5) is 13.7. The molecule has 1 aromatic rings. The highest BCUT2D eigenvalue weighted by Gasteiger charge is 2.39. The molecule has 0 saturated heterocycles. The molecule has 104 valence electrons. The average Bonchev–Trinajstić information content (AvgIpc) is 2.36. The number of fused-ring (bicyclic) bond motifs is 1. The van der Waals surface area contributed by atoms with Crippen LogP contribution in [-0.4, -0.2) is 30.2 Å². The van der Waals surface area contributed by atoms with Crippen molar-refractivity contribution in [1.29, 1.82) is 0 Å². The number of aliphatic hydroxyl groups excluding tert-OH is 1. The van der Waals surface area contributed by atoms with Crippen molar-refractivity contribution in [1.82, 2.24) is 0 Å². The van der Waals surface area contributed by atoms with Crippen LogP contribution >= 0.6 is 0 Å². The Morgan fingerprint density at radius 3 is 2.79 bits per heavy atom. The molecule has 1 heterocycles. The van der Waals surface area contributed by atoms with Crippen LogP contribution in [0, 0.1) is 0 Å². The molecule has 5 nitrogen and oxygen atoms in total. The lowest BCUT2D eigenvalue weighted by Gasteiger charge is -2.37. The van der Waals surface area contributed by atoms with Crippen molar-refractivity contribution >= 4 is 11.6 Å². The number of ether oxygens (including phenoxy) is 1. The molecule has 2 rings (SSSR count). The van der Waals surface area contributed by atoms with Crippen LogP contribution in [0.2, 0.25) is 0 Å². The molecule has 1 aromatic carbocycles. The summed E-state index contributed by atoms with van der Waals surface area (Å²) in [6.07, 6.45) is -0.128. The van der Waals surface area contributed by atoms with Gasteiger partial charge in [-0.1, -0.05) is 6.07 Å². The number of carbonyl (C=O) groups is 1.